The van der Waals surface area contributed by atoms with E-state index < -0.39 is 0 Å². The predicted molar refractivity (Wildman–Crippen MR) is 98.8 cm³/mol. The fourth-order valence-electron chi connectivity index (χ4n) is 2.47. The van der Waals surface area contributed by atoms with Crippen molar-refractivity contribution in [2.24, 2.45) is 0 Å². The van der Waals surface area contributed by atoms with Crippen molar-refractivity contribution in [2.45, 2.75) is 13.5 Å². The van der Waals surface area contributed by atoms with E-state index in [9.17, 15) is 4.79 Å². The van der Waals surface area contributed by atoms with Crippen molar-refractivity contribution in [3.63, 3.8) is 0 Å². The Morgan fingerprint density at radius 3 is 2.77 bits per heavy atom. The third-order valence-electron chi connectivity index (χ3n) is 3.75. The van der Waals surface area contributed by atoms with Gasteiger partial charge in [0.25, 0.3) is 5.91 Å². The summed E-state index contributed by atoms with van der Waals surface area (Å²) in [4.78, 5) is 20.5. The van der Waals surface area contributed by atoms with Gasteiger partial charge in [-0.3, -0.25) is 4.79 Å². The van der Waals surface area contributed by atoms with Crippen LogP contribution in [-0.2, 0) is 6.54 Å². The van der Waals surface area contributed by atoms with Crippen molar-refractivity contribution >= 4 is 17.4 Å². The number of carbonyl (C=O) groups is 1. The average molecular weight is 343 g/mol. The third kappa shape index (κ3) is 4.22. The minimum Gasteiger partial charge on any atom is -0.347 e. The Kier molecular flexibility index (Phi) is 5.20. The molecule has 3 rings (SSSR count). The number of benzene rings is 2. The van der Waals surface area contributed by atoms with Crippen LogP contribution in [0.4, 0.5) is 11.5 Å². The van der Waals surface area contributed by atoms with Crippen LogP contribution in [0.5, 0.6) is 0 Å². The van der Waals surface area contributed by atoms with Crippen molar-refractivity contribution in [3.05, 3.63) is 83.3 Å². The number of rotatable bonds is 5. The van der Waals surface area contributed by atoms with Gasteiger partial charge in [-0.15, -0.1) is 0 Å². The molecule has 26 heavy (non-hydrogen) atoms. The minimum atomic E-state index is -0.287. The Balaban J connectivity index is 1.70. The molecule has 1 amide bonds. The molecule has 2 aromatic carbocycles. The van der Waals surface area contributed by atoms with Crippen LogP contribution in [0.1, 0.15) is 27.2 Å². The molecule has 128 valence electrons. The van der Waals surface area contributed by atoms with Crippen LogP contribution in [-0.4, -0.2) is 15.9 Å². The van der Waals surface area contributed by atoms with Gasteiger partial charge in [0, 0.05) is 12.6 Å². The van der Waals surface area contributed by atoms with E-state index in [4.69, 9.17) is 5.26 Å². The van der Waals surface area contributed by atoms with Gasteiger partial charge in [0.05, 0.1) is 11.3 Å². The molecule has 0 aliphatic carbocycles. The van der Waals surface area contributed by atoms with Crippen LogP contribution in [0, 0.1) is 18.3 Å². The van der Waals surface area contributed by atoms with Crippen LogP contribution in [0.25, 0.3) is 0 Å². The van der Waals surface area contributed by atoms with E-state index in [1.54, 1.807) is 24.3 Å². The second-order valence-corrected chi connectivity index (χ2v) is 5.74. The van der Waals surface area contributed by atoms with E-state index in [2.05, 4.69) is 26.7 Å². The summed E-state index contributed by atoms with van der Waals surface area (Å²) in [7, 11) is 0. The second-order valence-electron chi connectivity index (χ2n) is 5.74. The van der Waals surface area contributed by atoms with Crippen molar-refractivity contribution < 1.29 is 4.79 Å². The Morgan fingerprint density at radius 1 is 1.12 bits per heavy atom. The first-order valence-corrected chi connectivity index (χ1v) is 8.07. The molecular weight excluding hydrogens is 326 g/mol. The summed E-state index contributed by atoms with van der Waals surface area (Å²) in [5, 5.41) is 15.0. The lowest BCUT2D eigenvalue weighted by Crippen LogP contribution is -2.24. The van der Waals surface area contributed by atoms with Crippen LogP contribution in [0.2, 0.25) is 0 Å². The van der Waals surface area contributed by atoms with Gasteiger partial charge in [-0.1, -0.05) is 42.0 Å². The molecule has 1 aromatic heterocycles. The number of amides is 1. The number of carbonyl (C=O) groups excluding carboxylic acids is 1. The number of nitriles is 1. The fraction of sp³-hybridized carbons (Fsp3) is 0.100. The molecule has 6 nitrogen and oxygen atoms in total. The van der Waals surface area contributed by atoms with E-state index in [1.165, 1.54) is 6.33 Å². The summed E-state index contributed by atoms with van der Waals surface area (Å²) in [6, 6.07) is 18.7. The lowest BCUT2D eigenvalue weighted by atomic mass is 10.1. The number of hydrogen-bond acceptors (Lipinski definition) is 5. The second kappa shape index (κ2) is 7.90. The number of nitrogens with zero attached hydrogens (tertiary/aromatic N) is 3. The highest BCUT2D eigenvalue weighted by Gasteiger charge is 2.10. The van der Waals surface area contributed by atoms with E-state index in [0.717, 1.165) is 11.1 Å². The van der Waals surface area contributed by atoms with Gasteiger partial charge in [0.2, 0.25) is 0 Å². The quantitative estimate of drug-likeness (QED) is 0.741. The van der Waals surface area contributed by atoms with Gasteiger partial charge in [0.1, 0.15) is 23.9 Å². The van der Waals surface area contributed by atoms with Gasteiger partial charge >= 0.3 is 0 Å². The fourth-order valence-corrected chi connectivity index (χ4v) is 2.47. The highest BCUT2D eigenvalue weighted by Crippen LogP contribution is 2.18. The maximum Gasteiger partial charge on any atom is 0.270 e. The number of aryl methyl sites for hydroxylation is 1. The summed E-state index contributed by atoms with van der Waals surface area (Å²) < 4.78 is 0. The molecular formula is C20H17N5O. The molecule has 0 radical (unpaired) electrons. The zero-order valence-electron chi connectivity index (χ0n) is 14.2. The van der Waals surface area contributed by atoms with Crippen molar-refractivity contribution in [3.8, 4) is 6.07 Å². The highest BCUT2D eigenvalue weighted by molar-refractivity contribution is 5.93. The Morgan fingerprint density at radius 2 is 1.96 bits per heavy atom. The van der Waals surface area contributed by atoms with Crippen molar-refractivity contribution in [2.75, 3.05) is 5.32 Å². The highest BCUT2D eigenvalue weighted by atomic mass is 16.1. The molecule has 6 heteroatoms. The molecule has 3 aromatic rings. The monoisotopic (exact) mass is 343 g/mol. The molecule has 0 saturated heterocycles. The van der Waals surface area contributed by atoms with E-state index in [1.807, 2.05) is 37.3 Å². The largest absolute Gasteiger partial charge is 0.347 e. The molecule has 0 fully saturated rings. The van der Waals surface area contributed by atoms with E-state index in [-0.39, 0.29) is 11.6 Å². The zero-order valence-corrected chi connectivity index (χ0v) is 14.2. The standard InChI is InChI=1S/C20H17N5O/c1-14-5-4-6-15(9-14)12-22-20(26)18-10-19(24-13-23-18)25-17-8-3-2-7-16(17)11-21/h2-10,13H,12H2,1H3,(H,22,26)(H,23,24,25). The molecule has 2 N–H and O–H groups in total. The summed E-state index contributed by atoms with van der Waals surface area (Å²) in [5.41, 5.74) is 3.54. The normalized spacial score (nSPS) is 10.0. The first-order chi connectivity index (χ1) is 12.7. The SMILES string of the molecule is Cc1cccc(CNC(=O)c2cc(Nc3ccccc3C#N)ncn2)c1. The van der Waals surface area contributed by atoms with Gasteiger partial charge in [-0.2, -0.15) is 5.26 Å². The third-order valence-corrected chi connectivity index (χ3v) is 3.75. The van der Waals surface area contributed by atoms with E-state index >= 15 is 0 Å². The van der Waals surface area contributed by atoms with Gasteiger partial charge in [-0.25, -0.2) is 9.97 Å². The first kappa shape index (κ1) is 17.1. The minimum absolute atomic E-state index is 0.254. The summed E-state index contributed by atoms with van der Waals surface area (Å²) in [5.74, 6) is 0.161. The van der Waals surface area contributed by atoms with Crippen LogP contribution >= 0.6 is 0 Å². The number of hydrogen-bond donors (Lipinski definition) is 2. The number of nitrogens with one attached hydrogen (secondary N) is 2. The van der Waals surface area contributed by atoms with Gasteiger partial charge in [-0.05, 0) is 24.6 Å². The Bertz CT molecular complexity index is 978. The maximum atomic E-state index is 12.3. The van der Waals surface area contributed by atoms with E-state index in [0.29, 0.717) is 23.6 Å². The molecule has 0 aliphatic heterocycles. The summed E-state index contributed by atoms with van der Waals surface area (Å²) in [6.07, 6.45) is 1.32. The summed E-state index contributed by atoms with van der Waals surface area (Å²) in [6.45, 7) is 2.43. The van der Waals surface area contributed by atoms with Crippen LogP contribution in [0.3, 0.4) is 0 Å². The van der Waals surface area contributed by atoms with Crippen LogP contribution in [0.15, 0.2) is 60.9 Å². The lowest BCUT2D eigenvalue weighted by molar-refractivity contribution is 0.0946. The predicted octanol–water partition coefficient (Wildman–Crippen LogP) is 3.33. The molecule has 1 heterocycles. The van der Waals surface area contributed by atoms with Crippen molar-refractivity contribution in [1.82, 2.24) is 15.3 Å². The Labute approximate surface area is 151 Å². The molecule has 0 bridgehead atoms. The molecule has 0 unspecified atom stereocenters. The average Bonchev–Trinajstić information content (AvgIpc) is 2.67. The smallest absolute Gasteiger partial charge is 0.270 e. The van der Waals surface area contributed by atoms with Crippen LogP contribution < -0.4 is 10.6 Å². The molecule has 0 aliphatic rings. The number of aromatic nitrogens is 2. The topological polar surface area (TPSA) is 90.7 Å². The maximum absolute atomic E-state index is 12.3. The molecule has 0 spiro atoms. The zero-order chi connectivity index (χ0) is 18.4. The molecule has 0 atom stereocenters. The van der Waals surface area contributed by atoms with Gasteiger partial charge < -0.3 is 10.6 Å². The Hall–Kier alpha value is -3.72. The molecule has 0 saturated carbocycles. The summed E-state index contributed by atoms with van der Waals surface area (Å²) >= 11 is 0. The van der Waals surface area contributed by atoms with Crippen molar-refractivity contribution in [1.29, 1.82) is 5.26 Å². The number of para-hydroxylation sites is 1. The lowest BCUT2D eigenvalue weighted by Gasteiger charge is -2.09. The first-order valence-electron chi connectivity index (χ1n) is 8.07. The number of anilines is 2. The van der Waals surface area contributed by atoms with Gasteiger partial charge in [0.15, 0.2) is 0 Å².